The second-order valence-electron chi connectivity index (χ2n) is 3.20. The van der Waals surface area contributed by atoms with Crippen LogP contribution in [0.5, 0.6) is 5.75 Å². The normalized spacial score (nSPS) is 9.65. The molecule has 0 bridgehead atoms. The van der Waals surface area contributed by atoms with Crippen LogP contribution in [0, 0.1) is 11.3 Å². The number of hydrogen-bond donors (Lipinski definition) is 2. The fourth-order valence-corrected chi connectivity index (χ4v) is 1.86. The molecular weight excluding hydrogens is 236 g/mol. The lowest BCUT2D eigenvalue weighted by Gasteiger charge is -2.03. The molecular formula is C11H10N4OS. The number of nitrogens with one attached hydrogen (secondary N) is 1. The van der Waals surface area contributed by atoms with E-state index in [0.717, 1.165) is 10.6 Å². The van der Waals surface area contributed by atoms with E-state index in [0.29, 0.717) is 17.3 Å². The predicted octanol–water partition coefficient (Wildman–Crippen LogP) is 1.88. The van der Waals surface area contributed by atoms with E-state index in [9.17, 15) is 0 Å². The van der Waals surface area contributed by atoms with Crippen molar-refractivity contribution in [2.24, 2.45) is 5.84 Å². The van der Waals surface area contributed by atoms with Crippen molar-refractivity contribution in [1.82, 2.24) is 4.98 Å². The summed E-state index contributed by atoms with van der Waals surface area (Å²) in [5, 5.41) is 9.31. The zero-order valence-corrected chi connectivity index (χ0v) is 9.70. The number of nitrogens with two attached hydrogens (primary N) is 1. The van der Waals surface area contributed by atoms with Crippen molar-refractivity contribution in [3.05, 3.63) is 40.9 Å². The van der Waals surface area contributed by atoms with Gasteiger partial charge in [0.25, 0.3) is 0 Å². The molecule has 1 heterocycles. The number of hydrazine groups is 1. The summed E-state index contributed by atoms with van der Waals surface area (Å²) in [6, 6.07) is 9.02. The molecule has 0 atom stereocenters. The van der Waals surface area contributed by atoms with Crippen LogP contribution in [-0.4, -0.2) is 4.98 Å². The Labute approximate surface area is 102 Å². The van der Waals surface area contributed by atoms with Crippen LogP contribution in [0.1, 0.15) is 10.4 Å². The number of nitriles is 1. The average Bonchev–Trinajstić information content (AvgIpc) is 2.85. The van der Waals surface area contributed by atoms with E-state index in [2.05, 4.69) is 16.5 Å². The van der Waals surface area contributed by atoms with Crippen molar-refractivity contribution in [1.29, 1.82) is 5.26 Å². The number of aromatic nitrogens is 1. The molecule has 2 rings (SSSR count). The topological polar surface area (TPSA) is 84.0 Å². The maximum absolute atomic E-state index is 8.65. The van der Waals surface area contributed by atoms with Gasteiger partial charge in [-0.15, -0.1) is 0 Å². The zero-order valence-electron chi connectivity index (χ0n) is 8.88. The van der Waals surface area contributed by atoms with Gasteiger partial charge in [0.2, 0.25) is 0 Å². The van der Waals surface area contributed by atoms with Crippen LogP contribution in [0.4, 0.5) is 5.13 Å². The molecule has 0 radical (unpaired) electrons. The van der Waals surface area contributed by atoms with Crippen molar-refractivity contribution in [3.63, 3.8) is 0 Å². The Balaban J connectivity index is 1.95. The van der Waals surface area contributed by atoms with Crippen LogP contribution in [0.15, 0.2) is 30.5 Å². The summed E-state index contributed by atoms with van der Waals surface area (Å²) in [7, 11) is 0. The maximum atomic E-state index is 8.65. The number of thiazole rings is 1. The second-order valence-corrected chi connectivity index (χ2v) is 4.32. The van der Waals surface area contributed by atoms with Gasteiger partial charge in [-0.1, -0.05) is 11.3 Å². The molecule has 6 heteroatoms. The van der Waals surface area contributed by atoms with Gasteiger partial charge in [0.1, 0.15) is 12.4 Å². The Morgan fingerprint density at radius 3 is 2.76 bits per heavy atom. The van der Waals surface area contributed by atoms with E-state index in [-0.39, 0.29) is 0 Å². The Morgan fingerprint density at radius 2 is 2.18 bits per heavy atom. The highest BCUT2D eigenvalue weighted by Gasteiger charge is 2.01. The molecule has 0 fully saturated rings. The molecule has 0 unspecified atom stereocenters. The van der Waals surface area contributed by atoms with Crippen molar-refractivity contribution in [2.75, 3.05) is 5.43 Å². The highest BCUT2D eigenvalue weighted by atomic mass is 32.1. The fourth-order valence-electron chi connectivity index (χ4n) is 1.22. The summed E-state index contributed by atoms with van der Waals surface area (Å²) < 4.78 is 5.54. The van der Waals surface area contributed by atoms with E-state index in [4.69, 9.17) is 15.8 Å². The SMILES string of the molecule is N#Cc1ccc(OCc2cnc(NN)s2)cc1. The van der Waals surface area contributed by atoms with Gasteiger partial charge in [-0.2, -0.15) is 5.26 Å². The summed E-state index contributed by atoms with van der Waals surface area (Å²) in [6.07, 6.45) is 1.71. The van der Waals surface area contributed by atoms with Crippen molar-refractivity contribution in [2.45, 2.75) is 6.61 Å². The highest BCUT2D eigenvalue weighted by Crippen LogP contribution is 2.19. The third-order valence-electron chi connectivity index (χ3n) is 2.04. The van der Waals surface area contributed by atoms with Gasteiger partial charge in [0.15, 0.2) is 5.13 Å². The minimum absolute atomic E-state index is 0.436. The number of ether oxygens (including phenoxy) is 1. The summed E-state index contributed by atoms with van der Waals surface area (Å²) in [6.45, 7) is 0.436. The number of anilines is 1. The standard InChI is InChI=1S/C11H10N4OS/c12-5-8-1-3-9(4-2-8)16-7-10-6-14-11(15-13)17-10/h1-4,6H,7,13H2,(H,14,15). The molecule has 0 amide bonds. The minimum atomic E-state index is 0.436. The lowest BCUT2D eigenvalue weighted by atomic mass is 10.2. The molecule has 2 aromatic rings. The van der Waals surface area contributed by atoms with Gasteiger partial charge in [0, 0.05) is 6.20 Å². The third kappa shape index (κ3) is 2.93. The lowest BCUT2D eigenvalue weighted by Crippen LogP contribution is -2.05. The maximum Gasteiger partial charge on any atom is 0.197 e. The van der Waals surface area contributed by atoms with Gasteiger partial charge in [-0.05, 0) is 24.3 Å². The number of benzene rings is 1. The lowest BCUT2D eigenvalue weighted by molar-refractivity contribution is 0.309. The first-order valence-electron chi connectivity index (χ1n) is 4.86. The zero-order chi connectivity index (χ0) is 12.1. The molecule has 5 nitrogen and oxygen atoms in total. The van der Waals surface area contributed by atoms with E-state index in [1.807, 2.05) is 0 Å². The molecule has 0 saturated carbocycles. The number of nitrogens with zero attached hydrogens (tertiary/aromatic N) is 2. The van der Waals surface area contributed by atoms with Crippen molar-refractivity contribution in [3.8, 4) is 11.8 Å². The quantitative estimate of drug-likeness (QED) is 0.635. The summed E-state index contributed by atoms with van der Waals surface area (Å²) in [5.74, 6) is 5.95. The Morgan fingerprint density at radius 1 is 1.41 bits per heavy atom. The van der Waals surface area contributed by atoms with Crippen LogP contribution < -0.4 is 16.0 Å². The van der Waals surface area contributed by atoms with Crippen LogP contribution in [-0.2, 0) is 6.61 Å². The minimum Gasteiger partial charge on any atom is -0.488 e. The van der Waals surface area contributed by atoms with Crippen LogP contribution in [0.25, 0.3) is 0 Å². The Hall–Kier alpha value is -2.10. The number of nitrogen functional groups attached to an aromatic ring is 1. The third-order valence-corrected chi connectivity index (χ3v) is 2.94. The van der Waals surface area contributed by atoms with E-state index >= 15 is 0 Å². The molecule has 0 aliphatic rings. The van der Waals surface area contributed by atoms with Crippen molar-refractivity contribution >= 4 is 16.5 Å². The molecule has 1 aromatic heterocycles. The molecule has 3 N–H and O–H groups in total. The second kappa shape index (κ2) is 5.30. The smallest absolute Gasteiger partial charge is 0.197 e. The van der Waals surface area contributed by atoms with E-state index in [1.165, 1.54) is 11.3 Å². The molecule has 1 aromatic carbocycles. The monoisotopic (exact) mass is 246 g/mol. The Kier molecular flexibility index (Phi) is 3.55. The number of rotatable bonds is 4. The van der Waals surface area contributed by atoms with Crippen LogP contribution in [0.3, 0.4) is 0 Å². The summed E-state index contributed by atoms with van der Waals surface area (Å²) in [5.41, 5.74) is 3.09. The molecule has 0 aliphatic heterocycles. The van der Waals surface area contributed by atoms with Gasteiger partial charge in [-0.3, -0.25) is 5.43 Å². The summed E-state index contributed by atoms with van der Waals surface area (Å²) >= 11 is 1.44. The van der Waals surface area contributed by atoms with Crippen LogP contribution >= 0.6 is 11.3 Å². The van der Waals surface area contributed by atoms with Crippen LogP contribution in [0.2, 0.25) is 0 Å². The molecule has 17 heavy (non-hydrogen) atoms. The first kappa shape index (κ1) is 11.4. The van der Waals surface area contributed by atoms with E-state index < -0.39 is 0 Å². The first-order valence-corrected chi connectivity index (χ1v) is 5.68. The van der Waals surface area contributed by atoms with Gasteiger partial charge in [0.05, 0.1) is 16.5 Å². The van der Waals surface area contributed by atoms with Gasteiger partial charge < -0.3 is 4.74 Å². The van der Waals surface area contributed by atoms with Crippen molar-refractivity contribution < 1.29 is 4.74 Å². The largest absolute Gasteiger partial charge is 0.488 e. The number of hydrogen-bond acceptors (Lipinski definition) is 6. The fraction of sp³-hybridized carbons (Fsp3) is 0.0909. The molecule has 0 aliphatic carbocycles. The average molecular weight is 246 g/mol. The first-order chi connectivity index (χ1) is 8.31. The molecule has 0 spiro atoms. The van der Waals surface area contributed by atoms with E-state index in [1.54, 1.807) is 30.5 Å². The highest BCUT2D eigenvalue weighted by molar-refractivity contribution is 7.15. The molecule has 0 saturated heterocycles. The predicted molar refractivity (Wildman–Crippen MR) is 65.4 cm³/mol. The molecule has 86 valence electrons. The van der Waals surface area contributed by atoms with Gasteiger partial charge in [-0.25, -0.2) is 10.8 Å². The van der Waals surface area contributed by atoms with Gasteiger partial charge >= 0.3 is 0 Å². The Bertz CT molecular complexity index is 529. The summed E-state index contributed by atoms with van der Waals surface area (Å²) in [4.78, 5) is 5.01.